The van der Waals surface area contributed by atoms with Gasteiger partial charge in [-0.15, -0.1) is 33.4 Å². The fourth-order valence-electron chi connectivity index (χ4n) is 7.07. The summed E-state index contributed by atoms with van der Waals surface area (Å²) in [6.07, 6.45) is 3.64. The van der Waals surface area contributed by atoms with Crippen molar-refractivity contribution in [3.63, 3.8) is 0 Å². The molecule has 2 amide bonds. The molecule has 8 rings (SSSR count). The van der Waals surface area contributed by atoms with Gasteiger partial charge >= 0.3 is 11.9 Å². The first-order valence-electron chi connectivity index (χ1n) is 23.6. The molecule has 8 aromatic rings. The predicted molar refractivity (Wildman–Crippen MR) is 305 cm³/mol. The highest BCUT2D eigenvalue weighted by Crippen LogP contribution is 2.36. The number of carbonyl (C=O) groups is 4. The molecular formula is C57H52Cl6N6O8. The van der Waals surface area contributed by atoms with E-state index < -0.39 is 11.6 Å². The fraction of sp³-hybridized carbons (Fsp3) is 0.193. The average Bonchev–Trinajstić information content (AvgIpc) is 4.01. The molecule has 400 valence electrons. The number of rotatable bonds is 16. The predicted octanol–water partition coefficient (Wildman–Crippen LogP) is 15.0. The zero-order valence-electron chi connectivity index (χ0n) is 42.3. The molecular weight excluding hydrogens is 1110 g/mol. The van der Waals surface area contributed by atoms with Gasteiger partial charge < -0.3 is 30.0 Å². The molecule has 2 aromatic heterocycles. The van der Waals surface area contributed by atoms with Crippen molar-refractivity contribution in [2.24, 2.45) is 0 Å². The number of aromatic nitrogens is 4. The second kappa shape index (κ2) is 27.8. The minimum absolute atomic E-state index is 0.0529. The fourth-order valence-corrected chi connectivity index (χ4v) is 8.10. The summed E-state index contributed by atoms with van der Waals surface area (Å²) < 4.78 is 20.8. The lowest BCUT2D eigenvalue weighted by atomic mass is 10.1. The van der Waals surface area contributed by atoms with Gasteiger partial charge in [-0.3, -0.25) is 19.2 Å². The highest BCUT2D eigenvalue weighted by Gasteiger charge is 2.20. The van der Waals surface area contributed by atoms with Crippen molar-refractivity contribution in [1.29, 1.82) is 0 Å². The Morgan fingerprint density at radius 3 is 1.23 bits per heavy atom. The van der Waals surface area contributed by atoms with Gasteiger partial charge in [0.25, 0.3) is 11.8 Å². The Kier molecular flexibility index (Phi) is 21.4. The number of ether oxygens (including phenoxy) is 3. The summed E-state index contributed by atoms with van der Waals surface area (Å²) in [7, 11) is 0. The number of alkyl halides is 2. The lowest BCUT2D eigenvalue weighted by Crippen LogP contribution is -2.29. The lowest BCUT2D eigenvalue weighted by Gasteiger charge is -2.19. The number of carbonyl (C=O) groups excluding carboxylic acids is 3. The first-order chi connectivity index (χ1) is 36.7. The summed E-state index contributed by atoms with van der Waals surface area (Å²) in [6.45, 7) is 9.66. The number of carboxylic acids is 1. The second-order valence-electron chi connectivity index (χ2n) is 17.9. The third kappa shape index (κ3) is 18.3. The SMILES string of the molecule is Cc1ccc(-c2cn(-c3cc(Cl)cc(Cl)c3)nc2Oc2ccc(C(=O)NCCC(=O)O)cc2)cc1.Cc1ccc(-c2cn(-c3cc(Cl)cc(Cl)c3)nc2Oc2ccc(C(=O)NCCC(=O)OC(C)(C)C)cc2)cc1.ClCCl. The summed E-state index contributed by atoms with van der Waals surface area (Å²) in [5, 5.41) is 25.4. The minimum atomic E-state index is -0.974. The summed E-state index contributed by atoms with van der Waals surface area (Å²) in [5.41, 5.74) is 7.27. The average molecular weight is 1160 g/mol. The first-order valence-corrected chi connectivity index (χ1v) is 26.2. The van der Waals surface area contributed by atoms with Crippen molar-refractivity contribution in [3.8, 4) is 56.9 Å². The number of hydrogen-bond acceptors (Lipinski definition) is 9. The smallest absolute Gasteiger partial charge is 0.308 e. The normalized spacial score (nSPS) is 10.8. The van der Waals surface area contributed by atoms with Crippen molar-refractivity contribution < 1.29 is 38.5 Å². The van der Waals surface area contributed by atoms with E-state index in [9.17, 15) is 19.2 Å². The molecule has 0 radical (unpaired) electrons. The maximum Gasteiger partial charge on any atom is 0.308 e. The van der Waals surface area contributed by atoms with Gasteiger partial charge in [-0.25, -0.2) is 9.36 Å². The van der Waals surface area contributed by atoms with Crippen molar-refractivity contribution in [2.75, 3.05) is 18.4 Å². The van der Waals surface area contributed by atoms with Crippen LogP contribution in [0.25, 0.3) is 33.6 Å². The first kappa shape index (κ1) is 59.2. The molecule has 0 atom stereocenters. The third-order valence-corrected chi connectivity index (χ3v) is 11.5. The summed E-state index contributed by atoms with van der Waals surface area (Å²) in [6, 6.07) is 39.5. The Morgan fingerprint density at radius 1 is 0.545 bits per heavy atom. The maximum absolute atomic E-state index is 12.5. The van der Waals surface area contributed by atoms with E-state index in [0.29, 0.717) is 65.9 Å². The van der Waals surface area contributed by atoms with Gasteiger partial charge in [0.15, 0.2) is 0 Å². The molecule has 77 heavy (non-hydrogen) atoms. The van der Waals surface area contributed by atoms with Crippen LogP contribution in [0.2, 0.25) is 20.1 Å². The van der Waals surface area contributed by atoms with Crippen LogP contribution in [0.15, 0.2) is 146 Å². The van der Waals surface area contributed by atoms with Crippen molar-refractivity contribution in [2.45, 2.75) is 53.1 Å². The zero-order valence-corrected chi connectivity index (χ0v) is 46.8. The number of amides is 2. The van der Waals surface area contributed by atoms with E-state index in [1.807, 2.05) is 74.8 Å². The highest BCUT2D eigenvalue weighted by atomic mass is 35.5. The number of benzene rings is 6. The topological polar surface area (TPSA) is 176 Å². The number of carboxylic acid groups (broad SMARTS) is 1. The summed E-state index contributed by atoms with van der Waals surface area (Å²) in [4.78, 5) is 47.2. The van der Waals surface area contributed by atoms with E-state index in [2.05, 4.69) is 20.8 Å². The van der Waals surface area contributed by atoms with E-state index in [-0.39, 0.29) is 49.1 Å². The Bertz CT molecular complexity index is 3270. The Balaban J connectivity index is 0.000000239. The number of aliphatic carboxylic acids is 1. The molecule has 0 fully saturated rings. The van der Waals surface area contributed by atoms with Gasteiger partial charge in [0.05, 0.1) is 40.7 Å². The van der Waals surface area contributed by atoms with Crippen LogP contribution in [0, 0.1) is 13.8 Å². The molecule has 6 aromatic carbocycles. The second-order valence-corrected chi connectivity index (χ2v) is 20.5. The van der Waals surface area contributed by atoms with E-state index >= 15 is 0 Å². The molecule has 0 bridgehead atoms. The van der Waals surface area contributed by atoms with Crippen LogP contribution in [0.1, 0.15) is 65.5 Å². The number of halogens is 6. The Morgan fingerprint density at radius 2 is 0.896 bits per heavy atom. The molecule has 0 aliphatic heterocycles. The number of esters is 1. The largest absolute Gasteiger partial charge is 0.481 e. The summed E-state index contributed by atoms with van der Waals surface area (Å²) in [5.74, 6) is -0.271. The van der Waals surface area contributed by atoms with Crippen LogP contribution >= 0.6 is 69.6 Å². The molecule has 3 N–H and O–H groups in total. The lowest BCUT2D eigenvalue weighted by molar-refractivity contribution is -0.154. The van der Waals surface area contributed by atoms with Gasteiger partial charge in [0.1, 0.15) is 17.1 Å². The van der Waals surface area contributed by atoms with Gasteiger partial charge in [-0.1, -0.05) is 106 Å². The van der Waals surface area contributed by atoms with E-state index in [1.165, 1.54) is 0 Å². The Hall–Kier alpha value is -7.04. The molecule has 20 heteroatoms. The molecule has 0 saturated carbocycles. The van der Waals surface area contributed by atoms with Gasteiger partial charge in [0, 0.05) is 56.7 Å². The minimum Gasteiger partial charge on any atom is -0.481 e. The van der Waals surface area contributed by atoms with Crippen molar-refractivity contribution in [1.82, 2.24) is 30.2 Å². The van der Waals surface area contributed by atoms with Crippen molar-refractivity contribution in [3.05, 3.63) is 188 Å². The third-order valence-electron chi connectivity index (χ3n) is 10.6. The van der Waals surface area contributed by atoms with Crippen LogP contribution in [0.4, 0.5) is 0 Å². The van der Waals surface area contributed by atoms with Crippen LogP contribution in [0.3, 0.4) is 0 Å². The highest BCUT2D eigenvalue weighted by molar-refractivity contribution is 6.40. The van der Waals surface area contributed by atoms with E-state index in [1.54, 1.807) is 115 Å². The number of nitrogens with one attached hydrogen (secondary N) is 2. The molecule has 14 nitrogen and oxygen atoms in total. The summed E-state index contributed by atoms with van der Waals surface area (Å²) >= 11 is 34.3. The van der Waals surface area contributed by atoms with Gasteiger partial charge in [-0.2, -0.15) is 0 Å². The van der Waals surface area contributed by atoms with Gasteiger partial charge in [0.2, 0.25) is 11.8 Å². The molecule has 2 heterocycles. The molecule has 0 unspecified atom stereocenters. The molecule has 0 spiro atoms. The maximum atomic E-state index is 12.5. The quantitative estimate of drug-likeness (QED) is 0.0623. The zero-order chi connectivity index (χ0) is 55.8. The molecule has 0 aliphatic carbocycles. The molecule has 0 aliphatic rings. The number of aryl methyl sites for hydroxylation is 2. The van der Waals surface area contributed by atoms with Crippen LogP contribution in [-0.4, -0.2) is 72.5 Å². The van der Waals surface area contributed by atoms with E-state index in [0.717, 1.165) is 33.4 Å². The molecule has 0 saturated heterocycles. The van der Waals surface area contributed by atoms with Crippen molar-refractivity contribution >= 4 is 93.4 Å². The number of hydrogen-bond donors (Lipinski definition) is 3. The van der Waals surface area contributed by atoms with Crippen LogP contribution < -0.4 is 20.1 Å². The number of nitrogens with zero attached hydrogens (tertiary/aromatic N) is 4. The van der Waals surface area contributed by atoms with Gasteiger partial charge in [-0.05, 0) is 131 Å². The monoisotopic (exact) mass is 1160 g/mol. The van der Waals surface area contributed by atoms with Crippen LogP contribution in [0.5, 0.6) is 23.3 Å². The Labute approximate surface area is 475 Å². The van der Waals surface area contributed by atoms with E-state index in [4.69, 9.17) is 88.9 Å². The standard InChI is InChI=1S/C30H29Cl2N3O4.C26H21Cl2N3O4.CH2Cl2/c1-19-5-7-20(8-6-19)26-18-35(24-16-22(31)15-23(32)17-24)34-29(26)38-25-11-9-21(10-12-25)28(37)33-14-13-27(36)39-30(2,3)4;1-16-2-4-17(5-3-16)23-15-31(21-13-19(27)12-20(28)14-21)30-26(23)35-22-8-6-18(7-9-22)25(34)29-11-10-24(32)33;2-1-3/h5-12,15-18H,13-14H2,1-4H3,(H,33,37);2-9,12-15H,10-11H2,1H3,(H,29,34)(H,32,33);1H2. The van der Waals surface area contributed by atoms with Crippen LogP contribution in [-0.2, 0) is 14.3 Å².